The average molecular weight is 371 g/mol. The zero-order valence-corrected chi connectivity index (χ0v) is 16.2. The van der Waals surface area contributed by atoms with Crippen LogP contribution in [-0.4, -0.2) is 69.8 Å². The summed E-state index contributed by atoms with van der Waals surface area (Å²) in [5.41, 5.74) is 0.243. The first-order valence-electron chi connectivity index (χ1n) is 10.1. The van der Waals surface area contributed by atoms with Gasteiger partial charge in [0, 0.05) is 56.6 Å². The van der Waals surface area contributed by atoms with Crippen molar-refractivity contribution in [3.05, 3.63) is 24.3 Å². The van der Waals surface area contributed by atoms with E-state index in [0.717, 1.165) is 32.5 Å². The van der Waals surface area contributed by atoms with Gasteiger partial charge in [0.05, 0.1) is 12.1 Å². The lowest BCUT2D eigenvalue weighted by Gasteiger charge is -2.42. The highest BCUT2D eigenvalue weighted by Gasteiger charge is 2.57. The number of hydrogen-bond donors (Lipinski definition) is 1. The number of hydrogen-bond acceptors (Lipinski definition) is 5. The molecule has 0 bridgehead atoms. The molecule has 1 aromatic rings. The van der Waals surface area contributed by atoms with Gasteiger partial charge in [-0.15, -0.1) is 0 Å². The van der Waals surface area contributed by atoms with Gasteiger partial charge in [0.2, 0.25) is 5.91 Å². The molecule has 3 aliphatic heterocycles. The van der Waals surface area contributed by atoms with E-state index in [9.17, 15) is 9.59 Å². The molecule has 0 saturated carbocycles. The second kappa shape index (κ2) is 7.19. The molecule has 7 heteroatoms. The molecule has 4 rings (SSSR count). The predicted molar refractivity (Wildman–Crippen MR) is 101 cm³/mol. The molecule has 3 fully saturated rings. The Balaban J connectivity index is 1.42. The number of rotatable bonds is 4. The molecule has 3 aliphatic rings. The van der Waals surface area contributed by atoms with Crippen molar-refractivity contribution in [1.82, 2.24) is 25.1 Å². The van der Waals surface area contributed by atoms with Gasteiger partial charge in [-0.1, -0.05) is 20.3 Å². The van der Waals surface area contributed by atoms with Crippen LogP contribution in [0.5, 0.6) is 0 Å². The van der Waals surface area contributed by atoms with Gasteiger partial charge in [0.1, 0.15) is 5.69 Å². The topological polar surface area (TPSA) is 78.4 Å². The second-order valence-electron chi connectivity index (χ2n) is 8.47. The summed E-state index contributed by atoms with van der Waals surface area (Å²) < 4.78 is 0. The van der Waals surface area contributed by atoms with E-state index in [1.165, 1.54) is 12.6 Å². The Kier molecular flexibility index (Phi) is 4.88. The normalized spacial score (nSPS) is 28.2. The Labute approximate surface area is 160 Å². The van der Waals surface area contributed by atoms with Crippen molar-refractivity contribution in [3.63, 3.8) is 0 Å². The minimum atomic E-state index is -0.148. The smallest absolute Gasteiger partial charge is 0.274 e. The first kappa shape index (κ1) is 18.3. The lowest BCUT2D eigenvalue weighted by molar-refractivity contribution is -0.123. The summed E-state index contributed by atoms with van der Waals surface area (Å²) in [6, 6.07) is 0. The Hall–Kier alpha value is -2.02. The van der Waals surface area contributed by atoms with Gasteiger partial charge in [-0.3, -0.25) is 14.6 Å². The van der Waals surface area contributed by atoms with E-state index < -0.39 is 0 Å². The molecule has 146 valence electrons. The van der Waals surface area contributed by atoms with Crippen LogP contribution in [0.4, 0.5) is 0 Å². The Bertz CT molecular complexity index is 702. The number of carbonyl (C=O) groups excluding carboxylic acids is 2. The summed E-state index contributed by atoms with van der Waals surface area (Å²) in [6.45, 7) is 8.76. The molecule has 0 unspecified atom stereocenters. The lowest BCUT2D eigenvalue weighted by Crippen LogP contribution is -2.56. The highest BCUT2D eigenvalue weighted by atomic mass is 16.2. The minimum Gasteiger partial charge on any atom is -0.350 e. The fourth-order valence-corrected chi connectivity index (χ4v) is 5.04. The van der Waals surface area contributed by atoms with Gasteiger partial charge in [0.15, 0.2) is 0 Å². The largest absolute Gasteiger partial charge is 0.350 e. The maximum Gasteiger partial charge on any atom is 0.274 e. The van der Waals surface area contributed by atoms with Crippen molar-refractivity contribution in [2.24, 2.45) is 17.8 Å². The molecule has 3 atom stereocenters. The van der Waals surface area contributed by atoms with Gasteiger partial charge >= 0.3 is 0 Å². The number of nitrogens with zero attached hydrogens (tertiary/aromatic N) is 4. The summed E-state index contributed by atoms with van der Waals surface area (Å²) in [4.78, 5) is 37.7. The molecular formula is C20H29N5O2. The van der Waals surface area contributed by atoms with E-state index in [-0.39, 0.29) is 23.3 Å². The third-order valence-electron chi connectivity index (χ3n) is 6.81. The van der Waals surface area contributed by atoms with Crippen LogP contribution in [0, 0.1) is 17.8 Å². The average Bonchev–Trinajstić information content (AvgIpc) is 3.22. The van der Waals surface area contributed by atoms with Crippen LogP contribution < -0.4 is 5.32 Å². The van der Waals surface area contributed by atoms with Crippen molar-refractivity contribution >= 4 is 11.8 Å². The number of likely N-dealkylation sites (tertiary alicyclic amines) is 2. The molecule has 0 aromatic carbocycles. The van der Waals surface area contributed by atoms with Crippen LogP contribution in [0.25, 0.3) is 0 Å². The maximum atomic E-state index is 12.6. The van der Waals surface area contributed by atoms with E-state index >= 15 is 0 Å². The van der Waals surface area contributed by atoms with Crippen molar-refractivity contribution < 1.29 is 9.59 Å². The molecule has 2 amide bonds. The van der Waals surface area contributed by atoms with Gasteiger partial charge < -0.3 is 15.1 Å². The molecule has 1 N–H and O–H groups in total. The van der Waals surface area contributed by atoms with Crippen molar-refractivity contribution in [2.75, 3.05) is 32.7 Å². The summed E-state index contributed by atoms with van der Waals surface area (Å²) >= 11 is 0. The molecule has 4 heterocycles. The third kappa shape index (κ3) is 3.33. The molecule has 27 heavy (non-hydrogen) atoms. The number of carbonyl (C=O) groups is 2. The van der Waals surface area contributed by atoms with Crippen molar-refractivity contribution in [2.45, 2.75) is 38.6 Å². The van der Waals surface area contributed by atoms with Gasteiger partial charge in [-0.2, -0.15) is 0 Å². The molecule has 3 saturated heterocycles. The van der Waals surface area contributed by atoms with E-state index in [2.05, 4.69) is 34.0 Å². The molecular weight excluding hydrogens is 342 g/mol. The Morgan fingerprint density at radius 1 is 1.33 bits per heavy atom. The molecule has 7 nitrogen and oxygen atoms in total. The van der Waals surface area contributed by atoms with E-state index in [0.29, 0.717) is 30.6 Å². The fourth-order valence-electron chi connectivity index (χ4n) is 5.04. The Morgan fingerprint density at radius 2 is 2.11 bits per heavy atom. The van der Waals surface area contributed by atoms with Gasteiger partial charge in [0.25, 0.3) is 5.91 Å². The number of amides is 2. The highest BCUT2D eigenvalue weighted by Crippen LogP contribution is 2.44. The molecule has 0 aliphatic carbocycles. The van der Waals surface area contributed by atoms with E-state index in [4.69, 9.17) is 0 Å². The quantitative estimate of drug-likeness (QED) is 0.860. The number of fused-ring (bicyclic) bond motifs is 2. The highest BCUT2D eigenvalue weighted by molar-refractivity contribution is 5.92. The standard InChI is InChI=1S/C20H29N5O2/c1-3-14(2)11-24-12-15-16(13-24)20(23-18(15)26)4-8-25(9-5-20)19(27)17-10-21-6-7-22-17/h6-7,10,14-16H,3-5,8-9,11-13H2,1-2H3,(H,23,26)/t14-,15+,16-/m0/s1. The maximum absolute atomic E-state index is 12.6. The van der Waals surface area contributed by atoms with Crippen LogP contribution in [0.2, 0.25) is 0 Å². The summed E-state index contributed by atoms with van der Waals surface area (Å²) in [5, 5.41) is 3.33. The van der Waals surface area contributed by atoms with Crippen LogP contribution in [0.1, 0.15) is 43.6 Å². The number of nitrogens with one attached hydrogen (secondary N) is 1. The molecule has 0 radical (unpaired) electrons. The monoisotopic (exact) mass is 371 g/mol. The first-order chi connectivity index (χ1) is 13.0. The number of piperidine rings is 1. The van der Waals surface area contributed by atoms with Crippen molar-refractivity contribution in [1.29, 1.82) is 0 Å². The second-order valence-corrected chi connectivity index (χ2v) is 8.47. The van der Waals surface area contributed by atoms with Crippen LogP contribution in [0.15, 0.2) is 18.6 Å². The summed E-state index contributed by atoms with van der Waals surface area (Å²) in [5.74, 6) is 1.28. The van der Waals surface area contributed by atoms with Gasteiger partial charge in [-0.05, 0) is 18.8 Å². The fraction of sp³-hybridized carbons (Fsp3) is 0.700. The van der Waals surface area contributed by atoms with Crippen molar-refractivity contribution in [3.8, 4) is 0 Å². The lowest BCUT2D eigenvalue weighted by atomic mass is 9.75. The molecule has 1 spiro atoms. The van der Waals surface area contributed by atoms with Crippen LogP contribution in [0.3, 0.4) is 0 Å². The molecule has 1 aromatic heterocycles. The van der Waals surface area contributed by atoms with Gasteiger partial charge in [-0.25, -0.2) is 4.98 Å². The van der Waals surface area contributed by atoms with E-state index in [1.54, 1.807) is 12.4 Å². The summed E-state index contributed by atoms with van der Waals surface area (Å²) in [7, 11) is 0. The predicted octanol–water partition coefficient (Wildman–Crippen LogP) is 1.18. The zero-order chi connectivity index (χ0) is 19.0. The Morgan fingerprint density at radius 3 is 2.78 bits per heavy atom. The van der Waals surface area contributed by atoms with Crippen LogP contribution in [-0.2, 0) is 4.79 Å². The zero-order valence-electron chi connectivity index (χ0n) is 16.2. The SMILES string of the molecule is CC[C@H](C)CN1C[C@H]2C(=O)NC3(CCN(C(=O)c4cnccn4)CC3)[C@H]2C1. The third-order valence-corrected chi connectivity index (χ3v) is 6.81. The summed E-state index contributed by atoms with van der Waals surface area (Å²) in [6.07, 6.45) is 7.45. The number of aromatic nitrogens is 2. The van der Waals surface area contributed by atoms with Crippen LogP contribution >= 0.6 is 0 Å². The first-order valence-corrected chi connectivity index (χ1v) is 10.1. The van der Waals surface area contributed by atoms with E-state index in [1.807, 2.05) is 4.90 Å². The minimum absolute atomic E-state index is 0.0661.